The van der Waals surface area contributed by atoms with Gasteiger partial charge in [0.1, 0.15) is 34.9 Å². The van der Waals surface area contributed by atoms with Crippen LogP contribution in [0.2, 0.25) is 0 Å². The fraction of sp³-hybridized carbons (Fsp3) is 0.167. The first-order chi connectivity index (χ1) is 20.6. The van der Waals surface area contributed by atoms with Gasteiger partial charge >= 0.3 is 0 Å². The van der Waals surface area contributed by atoms with Crippen LogP contribution in [0.25, 0.3) is 0 Å². The van der Waals surface area contributed by atoms with Crippen LogP contribution in [0.5, 0.6) is 0 Å². The fourth-order valence-electron chi connectivity index (χ4n) is 5.36. The van der Waals surface area contributed by atoms with E-state index >= 15 is 26.3 Å². The summed E-state index contributed by atoms with van der Waals surface area (Å²) in [4.78, 5) is 0. The Hall–Kier alpha value is -4.26. The molecule has 3 aromatic carbocycles. The van der Waals surface area contributed by atoms with Crippen molar-refractivity contribution in [2.45, 2.75) is 38.5 Å². The normalized spacial score (nSPS) is 10.7. The third kappa shape index (κ3) is 6.56. The van der Waals surface area contributed by atoms with E-state index in [2.05, 4.69) is 39.5 Å². The van der Waals surface area contributed by atoms with Crippen molar-refractivity contribution >= 4 is 23.1 Å². The molecule has 0 aliphatic heterocycles. The highest BCUT2D eigenvalue weighted by molar-refractivity contribution is 6.96. The molecule has 0 fully saturated rings. The third-order valence-corrected chi connectivity index (χ3v) is 7.21. The molecule has 0 saturated heterocycles. The van der Waals surface area contributed by atoms with Crippen molar-refractivity contribution in [1.29, 1.82) is 0 Å². The monoisotopic (exact) mass is 590 g/mol. The summed E-state index contributed by atoms with van der Waals surface area (Å²) in [5.41, 5.74) is -3.00. The van der Waals surface area contributed by atoms with Crippen LogP contribution in [0.4, 0.5) is 26.3 Å². The van der Waals surface area contributed by atoms with E-state index in [0.717, 1.165) is 0 Å². The SMILES string of the molecule is C=CCc1cc(CC=C)c(F)c(B(c2c(F)c(CC=C)cc(CC=C)c2F)c2c(F)c(CC=C)cc(CC=C)c2F)c1F. The molecule has 0 bridgehead atoms. The first kappa shape index (κ1) is 33.2. The molecule has 0 aliphatic carbocycles. The number of halogens is 6. The molecule has 0 N–H and O–H groups in total. The molecule has 222 valence electrons. The van der Waals surface area contributed by atoms with E-state index in [9.17, 15) is 0 Å². The molecule has 0 saturated carbocycles. The van der Waals surface area contributed by atoms with Gasteiger partial charge in [-0.1, -0.05) is 36.5 Å². The molecule has 7 heteroatoms. The van der Waals surface area contributed by atoms with Crippen LogP contribution in [0.15, 0.2) is 94.1 Å². The maximum absolute atomic E-state index is 16.4. The van der Waals surface area contributed by atoms with Gasteiger partial charge < -0.3 is 0 Å². The Morgan fingerprint density at radius 1 is 0.372 bits per heavy atom. The lowest BCUT2D eigenvalue weighted by atomic mass is 9.35. The number of benzene rings is 3. The van der Waals surface area contributed by atoms with Crippen molar-refractivity contribution in [2.75, 3.05) is 0 Å². The van der Waals surface area contributed by atoms with Gasteiger partial charge in [-0.15, -0.1) is 39.5 Å². The van der Waals surface area contributed by atoms with Crippen LogP contribution in [-0.2, 0) is 38.5 Å². The Morgan fingerprint density at radius 3 is 0.674 bits per heavy atom. The minimum atomic E-state index is -2.20. The summed E-state index contributed by atoms with van der Waals surface area (Å²) in [5, 5.41) is 0. The molecule has 0 unspecified atom stereocenters. The van der Waals surface area contributed by atoms with Gasteiger partial charge in [-0.05, 0) is 90.1 Å². The van der Waals surface area contributed by atoms with Crippen molar-refractivity contribution in [2.24, 2.45) is 0 Å². The van der Waals surface area contributed by atoms with E-state index in [-0.39, 0.29) is 71.9 Å². The Bertz CT molecular complexity index is 1310. The fourth-order valence-corrected chi connectivity index (χ4v) is 5.36. The molecule has 43 heavy (non-hydrogen) atoms. The van der Waals surface area contributed by atoms with E-state index in [0.29, 0.717) is 0 Å². The predicted octanol–water partition coefficient (Wildman–Crippen LogP) is 7.41. The second kappa shape index (κ2) is 14.8. The maximum atomic E-state index is 16.4. The molecule has 3 aromatic rings. The zero-order valence-corrected chi connectivity index (χ0v) is 24.0. The second-order valence-corrected chi connectivity index (χ2v) is 10.1. The summed E-state index contributed by atoms with van der Waals surface area (Å²) in [7, 11) is 0. The molecule has 3 rings (SSSR count). The van der Waals surface area contributed by atoms with Crippen molar-refractivity contribution in [3.63, 3.8) is 0 Å². The Kier molecular flexibility index (Phi) is 11.4. The largest absolute Gasteiger partial charge is 0.264 e. The molecular formula is C36H33BF6. The highest BCUT2D eigenvalue weighted by Crippen LogP contribution is 2.24. The number of rotatable bonds is 15. The van der Waals surface area contributed by atoms with Gasteiger partial charge in [0.25, 0.3) is 6.71 Å². The summed E-state index contributed by atoms with van der Waals surface area (Å²) >= 11 is 0. The van der Waals surface area contributed by atoms with Gasteiger partial charge in [-0.3, -0.25) is 0 Å². The average Bonchev–Trinajstić information content (AvgIpc) is 2.97. The van der Waals surface area contributed by atoms with Crippen molar-refractivity contribution < 1.29 is 26.3 Å². The smallest absolute Gasteiger partial charge is 0.207 e. The van der Waals surface area contributed by atoms with Crippen molar-refractivity contribution in [1.82, 2.24) is 0 Å². The molecule has 0 atom stereocenters. The zero-order chi connectivity index (χ0) is 31.8. The lowest BCUT2D eigenvalue weighted by Crippen LogP contribution is -2.60. The summed E-state index contributed by atoms with van der Waals surface area (Å²) in [6.07, 6.45) is 7.73. The van der Waals surface area contributed by atoms with Crippen LogP contribution < -0.4 is 16.4 Å². The molecule has 0 spiro atoms. The van der Waals surface area contributed by atoms with Crippen molar-refractivity contribution in [3.05, 3.63) is 162 Å². The highest BCUT2D eigenvalue weighted by Gasteiger charge is 2.41. The van der Waals surface area contributed by atoms with Crippen LogP contribution in [0, 0.1) is 34.9 Å². The van der Waals surface area contributed by atoms with Crippen LogP contribution in [0.3, 0.4) is 0 Å². The van der Waals surface area contributed by atoms with Gasteiger partial charge in [0.15, 0.2) is 0 Å². The average molecular weight is 590 g/mol. The Balaban J connectivity index is 2.72. The first-order valence-electron chi connectivity index (χ1n) is 13.8. The minimum absolute atomic E-state index is 0.0583. The Labute approximate surface area is 250 Å². The third-order valence-electron chi connectivity index (χ3n) is 7.21. The standard InChI is InChI=1S/C36H33BF6/c1-7-13-22-19-23(14-8-2)32(39)28(31(22)38)37(29-33(40)24(15-9-3)20-25(16-10-4)34(29)41)30-35(42)26(17-11-5)21-27(18-12-6)36(30)43/h7-12,19-21H,1-6,13-18H2. The lowest BCUT2D eigenvalue weighted by Gasteiger charge is -2.25. The van der Waals surface area contributed by atoms with E-state index in [1.54, 1.807) is 0 Å². The molecule has 0 heterocycles. The van der Waals surface area contributed by atoms with E-state index in [1.165, 1.54) is 54.7 Å². The lowest BCUT2D eigenvalue weighted by molar-refractivity contribution is 0.572. The summed E-state index contributed by atoms with van der Waals surface area (Å²) in [6.45, 7) is 19.5. The highest BCUT2D eigenvalue weighted by atomic mass is 19.2. The molecule has 0 nitrogen and oxygen atoms in total. The number of hydrogen-bond acceptors (Lipinski definition) is 0. The quantitative estimate of drug-likeness (QED) is 0.0983. The van der Waals surface area contributed by atoms with Gasteiger partial charge in [-0.2, -0.15) is 0 Å². The van der Waals surface area contributed by atoms with Crippen molar-refractivity contribution in [3.8, 4) is 0 Å². The second-order valence-electron chi connectivity index (χ2n) is 10.1. The van der Waals surface area contributed by atoms with Crippen LogP contribution >= 0.6 is 0 Å². The van der Waals surface area contributed by atoms with E-state index in [4.69, 9.17) is 0 Å². The number of hydrogen-bond donors (Lipinski definition) is 0. The molecule has 0 aromatic heterocycles. The summed E-state index contributed by atoms with van der Waals surface area (Å²) < 4.78 is 98.5. The predicted molar refractivity (Wildman–Crippen MR) is 167 cm³/mol. The minimum Gasteiger partial charge on any atom is -0.207 e. The topological polar surface area (TPSA) is 0 Å². The van der Waals surface area contributed by atoms with Crippen LogP contribution in [0.1, 0.15) is 33.4 Å². The van der Waals surface area contributed by atoms with Gasteiger partial charge in [0.05, 0.1) is 0 Å². The summed E-state index contributed by atoms with van der Waals surface area (Å²) in [5.74, 6) is -7.13. The molecule has 0 amide bonds. The molecule has 0 aliphatic rings. The van der Waals surface area contributed by atoms with Crippen LogP contribution in [-0.4, -0.2) is 6.71 Å². The Morgan fingerprint density at radius 2 is 0.535 bits per heavy atom. The van der Waals surface area contributed by atoms with E-state index < -0.39 is 58.0 Å². The van der Waals surface area contributed by atoms with Gasteiger partial charge in [0.2, 0.25) is 0 Å². The molecular weight excluding hydrogens is 557 g/mol. The first-order valence-corrected chi connectivity index (χ1v) is 13.8. The zero-order valence-electron chi connectivity index (χ0n) is 24.0. The van der Waals surface area contributed by atoms with Gasteiger partial charge in [0, 0.05) is 16.4 Å². The molecule has 0 radical (unpaired) electrons. The van der Waals surface area contributed by atoms with Gasteiger partial charge in [-0.25, -0.2) is 26.3 Å². The maximum Gasteiger partial charge on any atom is 0.264 e. The number of allylic oxidation sites excluding steroid dienone is 6. The summed E-state index contributed by atoms with van der Waals surface area (Å²) in [6, 6.07) is 3.76. The van der Waals surface area contributed by atoms with E-state index in [1.807, 2.05) is 0 Å².